The molecule has 0 aliphatic rings. The summed E-state index contributed by atoms with van der Waals surface area (Å²) in [4.78, 5) is 23.9. The maximum absolute atomic E-state index is 12.0. The zero-order valence-electron chi connectivity index (χ0n) is 13.2. The lowest BCUT2D eigenvalue weighted by Gasteiger charge is -2.06. The summed E-state index contributed by atoms with van der Waals surface area (Å²) in [6.45, 7) is 2.23. The highest BCUT2D eigenvalue weighted by molar-refractivity contribution is 7.19. The molecule has 0 saturated heterocycles. The number of aromatic nitrogens is 2. The van der Waals surface area contributed by atoms with Gasteiger partial charge in [-0.3, -0.25) is 4.79 Å². The third-order valence-corrected chi connectivity index (χ3v) is 4.65. The normalized spacial score (nSPS) is 10.7. The Morgan fingerprint density at radius 3 is 3.00 bits per heavy atom. The number of para-hydroxylation sites is 1. The van der Waals surface area contributed by atoms with Gasteiger partial charge in [-0.05, 0) is 24.4 Å². The molecule has 24 heavy (non-hydrogen) atoms. The van der Waals surface area contributed by atoms with Crippen LogP contribution in [0.3, 0.4) is 0 Å². The second kappa shape index (κ2) is 7.25. The van der Waals surface area contributed by atoms with Gasteiger partial charge in [0, 0.05) is 23.3 Å². The van der Waals surface area contributed by atoms with Crippen LogP contribution in [0.2, 0.25) is 0 Å². The molecule has 0 aliphatic heterocycles. The first-order valence-electron chi connectivity index (χ1n) is 7.71. The predicted octanol–water partition coefficient (Wildman–Crippen LogP) is 4.44. The highest BCUT2D eigenvalue weighted by Crippen LogP contribution is 2.34. The van der Waals surface area contributed by atoms with Gasteiger partial charge >= 0.3 is 0 Å². The van der Waals surface area contributed by atoms with E-state index < -0.39 is 0 Å². The molecular weight excluding hydrogens is 324 g/mol. The van der Waals surface area contributed by atoms with Gasteiger partial charge in [-0.15, -0.1) is 11.3 Å². The Hall–Kier alpha value is -2.70. The molecule has 0 fully saturated rings. The smallest absolute Gasteiger partial charge is 0.225 e. The number of azide groups is 1. The van der Waals surface area contributed by atoms with Crippen LogP contribution in [-0.4, -0.2) is 22.4 Å². The monoisotopic (exact) mass is 340 g/mol. The van der Waals surface area contributed by atoms with Crippen molar-refractivity contribution in [2.24, 2.45) is 5.11 Å². The molecule has 0 unspecified atom stereocenters. The molecule has 0 aliphatic carbocycles. The number of pyridine rings is 1. The first-order valence-corrected chi connectivity index (χ1v) is 8.53. The number of hydrogen-bond acceptors (Lipinski definition) is 5. The lowest BCUT2D eigenvalue weighted by Crippen LogP contribution is -2.14. The maximum Gasteiger partial charge on any atom is 0.225 e. The van der Waals surface area contributed by atoms with Gasteiger partial charge in [0.15, 0.2) is 5.82 Å². The summed E-state index contributed by atoms with van der Waals surface area (Å²) in [7, 11) is 0. The topological polar surface area (TPSA) is 104 Å². The van der Waals surface area contributed by atoms with E-state index >= 15 is 0 Å². The quantitative estimate of drug-likeness (QED) is 0.407. The van der Waals surface area contributed by atoms with Gasteiger partial charge in [0.25, 0.3) is 0 Å². The van der Waals surface area contributed by atoms with Crippen molar-refractivity contribution in [2.75, 3.05) is 11.9 Å². The highest BCUT2D eigenvalue weighted by atomic mass is 32.1. The van der Waals surface area contributed by atoms with Crippen LogP contribution in [0.15, 0.2) is 29.4 Å². The van der Waals surface area contributed by atoms with E-state index in [2.05, 4.69) is 32.2 Å². The standard InChI is InChI=1S/C16H16N6OS/c1-2-5-13-21-14-15(24-13)10-6-3-4-7-11(10)19-16(14)20-12(23)8-9-18-22-17/h3-4,6-7H,2,5,8-9H2,1H3,(H,19,20,23). The third-order valence-electron chi connectivity index (χ3n) is 3.50. The molecule has 0 radical (unpaired) electrons. The number of nitrogens with zero attached hydrogens (tertiary/aromatic N) is 5. The van der Waals surface area contributed by atoms with Crippen molar-refractivity contribution in [2.45, 2.75) is 26.2 Å². The van der Waals surface area contributed by atoms with E-state index in [0.717, 1.165) is 39.0 Å². The van der Waals surface area contributed by atoms with E-state index in [4.69, 9.17) is 5.53 Å². The number of thiazole rings is 1. The number of fused-ring (bicyclic) bond motifs is 3. The molecule has 1 aromatic carbocycles. The summed E-state index contributed by atoms with van der Waals surface area (Å²) in [6.07, 6.45) is 2.03. The highest BCUT2D eigenvalue weighted by Gasteiger charge is 2.15. The fraction of sp³-hybridized carbons (Fsp3) is 0.312. The van der Waals surface area contributed by atoms with Crippen molar-refractivity contribution in [1.29, 1.82) is 0 Å². The van der Waals surface area contributed by atoms with Gasteiger partial charge in [0.1, 0.15) is 5.52 Å². The molecule has 8 heteroatoms. The second-order valence-electron chi connectivity index (χ2n) is 5.27. The molecule has 2 aromatic heterocycles. The molecule has 3 rings (SSSR count). The van der Waals surface area contributed by atoms with E-state index in [0.29, 0.717) is 5.82 Å². The van der Waals surface area contributed by atoms with Crippen LogP contribution in [0.25, 0.3) is 31.6 Å². The molecule has 0 saturated carbocycles. The molecular formula is C16H16N6OS. The number of aryl methyl sites for hydroxylation is 1. The average molecular weight is 340 g/mol. The van der Waals surface area contributed by atoms with Gasteiger partial charge in [-0.2, -0.15) is 0 Å². The number of hydrogen-bond donors (Lipinski definition) is 1. The Kier molecular flexibility index (Phi) is 4.88. The van der Waals surface area contributed by atoms with E-state index in [-0.39, 0.29) is 18.9 Å². The first-order chi connectivity index (χ1) is 11.7. The van der Waals surface area contributed by atoms with Crippen molar-refractivity contribution in [3.05, 3.63) is 39.7 Å². The zero-order chi connectivity index (χ0) is 16.9. The van der Waals surface area contributed by atoms with Crippen molar-refractivity contribution < 1.29 is 4.79 Å². The second-order valence-corrected chi connectivity index (χ2v) is 6.35. The van der Waals surface area contributed by atoms with Crippen LogP contribution in [0.1, 0.15) is 24.8 Å². The predicted molar refractivity (Wildman–Crippen MR) is 96.2 cm³/mol. The van der Waals surface area contributed by atoms with E-state index in [1.807, 2.05) is 24.3 Å². The molecule has 1 N–H and O–H groups in total. The zero-order valence-corrected chi connectivity index (χ0v) is 14.0. The Labute approximate surface area is 142 Å². The molecule has 3 aromatic rings. The van der Waals surface area contributed by atoms with Crippen LogP contribution < -0.4 is 5.32 Å². The SMILES string of the molecule is CCCc1nc2c(NC(=O)CCN=[N+]=[N-])nc3ccccc3c2s1. The van der Waals surface area contributed by atoms with Gasteiger partial charge < -0.3 is 5.32 Å². The molecule has 0 bridgehead atoms. The van der Waals surface area contributed by atoms with Gasteiger partial charge in [0.2, 0.25) is 5.91 Å². The lowest BCUT2D eigenvalue weighted by atomic mass is 10.2. The number of rotatable bonds is 6. The summed E-state index contributed by atoms with van der Waals surface area (Å²) < 4.78 is 1.04. The summed E-state index contributed by atoms with van der Waals surface area (Å²) in [5.74, 6) is 0.227. The molecule has 0 spiro atoms. The van der Waals surface area contributed by atoms with Crippen LogP contribution in [0.4, 0.5) is 5.82 Å². The number of carbonyl (C=O) groups excluding carboxylic acids is 1. The van der Waals surface area contributed by atoms with Crippen molar-refractivity contribution in [1.82, 2.24) is 9.97 Å². The Balaban J connectivity index is 2.04. The fourth-order valence-corrected chi connectivity index (χ4v) is 3.64. The molecule has 0 atom stereocenters. The maximum atomic E-state index is 12.0. The summed E-state index contributed by atoms with van der Waals surface area (Å²) >= 11 is 1.65. The summed E-state index contributed by atoms with van der Waals surface area (Å²) in [5.41, 5.74) is 9.83. The summed E-state index contributed by atoms with van der Waals surface area (Å²) in [6, 6.07) is 7.83. The number of nitrogens with one attached hydrogen (secondary N) is 1. The fourth-order valence-electron chi connectivity index (χ4n) is 2.44. The van der Waals surface area contributed by atoms with E-state index in [1.165, 1.54) is 0 Å². The largest absolute Gasteiger partial charge is 0.309 e. The van der Waals surface area contributed by atoms with Crippen molar-refractivity contribution in [3.8, 4) is 0 Å². The Morgan fingerprint density at radius 2 is 2.21 bits per heavy atom. The van der Waals surface area contributed by atoms with Crippen molar-refractivity contribution in [3.63, 3.8) is 0 Å². The van der Waals surface area contributed by atoms with Crippen LogP contribution >= 0.6 is 11.3 Å². The minimum absolute atomic E-state index is 0.117. The van der Waals surface area contributed by atoms with Crippen molar-refractivity contribution >= 4 is 44.2 Å². The number of carbonyl (C=O) groups is 1. The molecule has 1 amide bonds. The van der Waals surface area contributed by atoms with E-state index in [1.54, 1.807) is 11.3 Å². The third kappa shape index (κ3) is 3.29. The number of amides is 1. The van der Waals surface area contributed by atoms with Gasteiger partial charge in [-0.1, -0.05) is 30.2 Å². The van der Waals surface area contributed by atoms with E-state index in [9.17, 15) is 4.79 Å². The lowest BCUT2D eigenvalue weighted by molar-refractivity contribution is -0.116. The van der Waals surface area contributed by atoms with Crippen LogP contribution in [0.5, 0.6) is 0 Å². The number of benzene rings is 1. The Morgan fingerprint density at radius 1 is 1.38 bits per heavy atom. The minimum atomic E-state index is -0.239. The van der Waals surface area contributed by atoms with Crippen LogP contribution in [0, 0.1) is 0 Å². The van der Waals surface area contributed by atoms with Gasteiger partial charge in [-0.25, -0.2) is 9.97 Å². The minimum Gasteiger partial charge on any atom is -0.309 e. The molecule has 122 valence electrons. The van der Waals surface area contributed by atoms with Gasteiger partial charge in [0.05, 0.1) is 15.2 Å². The number of anilines is 1. The van der Waals surface area contributed by atoms with Crippen LogP contribution in [-0.2, 0) is 11.2 Å². The molecule has 2 heterocycles. The summed E-state index contributed by atoms with van der Waals surface area (Å²) in [5, 5.41) is 8.26. The average Bonchev–Trinajstić information content (AvgIpc) is 3.00. The Bertz CT molecular complexity index is 944. The molecule has 7 nitrogen and oxygen atoms in total. The first kappa shape index (κ1) is 16.2.